The van der Waals surface area contributed by atoms with Crippen LogP contribution in [-0.2, 0) is 11.3 Å². The fourth-order valence-corrected chi connectivity index (χ4v) is 0.943. The van der Waals surface area contributed by atoms with E-state index in [4.69, 9.17) is 10.3 Å². The zero-order chi connectivity index (χ0) is 8.27. The predicted octanol–water partition coefficient (Wildman–Crippen LogP) is 0.212. The molecule has 0 bridgehead atoms. The summed E-state index contributed by atoms with van der Waals surface area (Å²) in [5, 5.41) is 0. The van der Waals surface area contributed by atoms with Crippen LogP contribution in [0.2, 0.25) is 0 Å². The van der Waals surface area contributed by atoms with Gasteiger partial charge in [0, 0.05) is 6.20 Å². The van der Waals surface area contributed by atoms with Crippen molar-refractivity contribution in [3.05, 3.63) is 18.5 Å². The molecule has 0 aliphatic rings. The van der Waals surface area contributed by atoms with E-state index in [1.165, 1.54) is 18.5 Å². The zero-order valence-electron chi connectivity index (χ0n) is 5.52. The van der Waals surface area contributed by atoms with Gasteiger partial charge in [0.05, 0.1) is 17.6 Å². The molecule has 1 aromatic rings. The van der Waals surface area contributed by atoms with Crippen molar-refractivity contribution in [3.8, 4) is 0 Å². The van der Waals surface area contributed by atoms with Crippen LogP contribution in [0.4, 0.5) is 11.4 Å². The quantitative estimate of drug-likeness (QED) is 0.558. The summed E-state index contributed by atoms with van der Waals surface area (Å²) in [6, 6.07) is 1.54. The van der Waals surface area contributed by atoms with Crippen molar-refractivity contribution in [1.82, 2.24) is 4.98 Å². The molecule has 60 valence electrons. The maximum atomic E-state index is 10.2. The van der Waals surface area contributed by atoms with Crippen LogP contribution in [-0.4, -0.2) is 13.7 Å². The van der Waals surface area contributed by atoms with Gasteiger partial charge in [-0.05, 0) is 6.07 Å². The first-order valence-electron chi connectivity index (χ1n) is 2.77. The highest BCUT2D eigenvalue weighted by molar-refractivity contribution is 7.80. The maximum absolute atomic E-state index is 10.2. The number of anilines is 2. The third-order valence-corrected chi connectivity index (χ3v) is 1.45. The van der Waals surface area contributed by atoms with Crippen LogP contribution in [0.3, 0.4) is 0 Å². The Morgan fingerprint density at radius 1 is 1.73 bits per heavy atom. The number of nitrogens with one attached hydrogen (secondary N) is 1. The van der Waals surface area contributed by atoms with Gasteiger partial charge in [-0.2, -0.15) is 0 Å². The number of nitrogens with zero attached hydrogens (tertiary/aromatic N) is 1. The minimum atomic E-state index is -2.10. The van der Waals surface area contributed by atoms with Crippen molar-refractivity contribution in [1.29, 1.82) is 0 Å². The zero-order valence-corrected chi connectivity index (χ0v) is 6.34. The predicted molar refractivity (Wildman–Crippen MR) is 43.0 cm³/mol. The molecule has 1 unspecified atom stereocenters. The Kier molecular flexibility index (Phi) is 2.40. The molecule has 5 nitrogen and oxygen atoms in total. The van der Waals surface area contributed by atoms with E-state index in [-0.39, 0.29) is 0 Å². The molecule has 1 atom stereocenters. The second kappa shape index (κ2) is 3.31. The molecule has 0 fully saturated rings. The molecule has 0 aliphatic carbocycles. The van der Waals surface area contributed by atoms with Crippen molar-refractivity contribution in [2.75, 3.05) is 10.5 Å². The van der Waals surface area contributed by atoms with Gasteiger partial charge in [0.2, 0.25) is 0 Å². The van der Waals surface area contributed by atoms with Gasteiger partial charge in [-0.25, -0.2) is 4.21 Å². The van der Waals surface area contributed by atoms with Gasteiger partial charge >= 0.3 is 0 Å². The van der Waals surface area contributed by atoms with E-state index in [0.29, 0.717) is 11.4 Å². The summed E-state index contributed by atoms with van der Waals surface area (Å²) in [6.45, 7) is 0. The summed E-state index contributed by atoms with van der Waals surface area (Å²) in [5.74, 6) is 0. The number of hydrogen-bond acceptors (Lipinski definition) is 3. The van der Waals surface area contributed by atoms with Crippen LogP contribution in [0.5, 0.6) is 0 Å². The topological polar surface area (TPSA) is 88.2 Å². The molecule has 0 radical (unpaired) electrons. The van der Waals surface area contributed by atoms with Crippen LogP contribution in [0.25, 0.3) is 0 Å². The molecule has 0 aromatic carbocycles. The van der Waals surface area contributed by atoms with E-state index in [9.17, 15) is 4.21 Å². The van der Waals surface area contributed by atoms with Gasteiger partial charge in [-0.3, -0.25) is 14.3 Å². The number of aromatic nitrogens is 1. The van der Waals surface area contributed by atoms with Crippen molar-refractivity contribution in [2.24, 2.45) is 0 Å². The van der Waals surface area contributed by atoms with E-state index in [0.717, 1.165) is 0 Å². The molecular weight excluding hydrogens is 166 g/mol. The van der Waals surface area contributed by atoms with Gasteiger partial charge in [0.1, 0.15) is 0 Å². The van der Waals surface area contributed by atoms with Crippen LogP contribution >= 0.6 is 0 Å². The van der Waals surface area contributed by atoms with Crippen LogP contribution in [0.15, 0.2) is 18.5 Å². The second-order valence-corrected chi connectivity index (χ2v) is 2.52. The fraction of sp³-hybridized carbons (Fsp3) is 0. The number of rotatable bonds is 2. The first kappa shape index (κ1) is 7.96. The molecule has 0 spiro atoms. The highest BCUT2D eigenvalue weighted by Crippen LogP contribution is 2.14. The Balaban J connectivity index is 2.86. The van der Waals surface area contributed by atoms with Crippen molar-refractivity contribution in [3.63, 3.8) is 0 Å². The minimum absolute atomic E-state index is 0.355. The first-order chi connectivity index (χ1) is 5.20. The van der Waals surface area contributed by atoms with E-state index in [2.05, 4.69) is 9.71 Å². The third-order valence-electron chi connectivity index (χ3n) is 1.05. The van der Waals surface area contributed by atoms with Crippen molar-refractivity contribution >= 4 is 22.6 Å². The largest absolute Gasteiger partial charge is 0.397 e. The number of nitrogens with two attached hydrogens (primary N) is 1. The molecule has 1 aromatic heterocycles. The molecule has 6 heteroatoms. The normalized spacial score (nSPS) is 12.5. The van der Waals surface area contributed by atoms with Gasteiger partial charge in [0.25, 0.3) is 11.3 Å². The smallest absolute Gasteiger partial charge is 0.259 e. The number of pyridine rings is 1. The standard InChI is InChI=1S/C5H7N3O2S/c6-4-1-2-7-3-5(4)8-11(9)10/h1-3,8H,(H2,6,7)(H,9,10). The van der Waals surface area contributed by atoms with Gasteiger partial charge in [-0.15, -0.1) is 0 Å². The molecule has 0 saturated carbocycles. The lowest BCUT2D eigenvalue weighted by atomic mass is 10.4. The highest BCUT2D eigenvalue weighted by atomic mass is 32.2. The molecular formula is C5H7N3O2S. The summed E-state index contributed by atoms with van der Waals surface area (Å²) in [6.07, 6.45) is 2.88. The summed E-state index contributed by atoms with van der Waals surface area (Å²) in [4.78, 5) is 3.71. The van der Waals surface area contributed by atoms with Gasteiger partial charge < -0.3 is 5.73 Å². The lowest BCUT2D eigenvalue weighted by molar-refractivity contribution is 0.570. The minimum Gasteiger partial charge on any atom is -0.397 e. The van der Waals surface area contributed by atoms with Crippen LogP contribution in [0, 0.1) is 0 Å². The average Bonchev–Trinajstić information content (AvgIpc) is 1.93. The van der Waals surface area contributed by atoms with Crippen molar-refractivity contribution < 1.29 is 8.76 Å². The van der Waals surface area contributed by atoms with Crippen LogP contribution in [0.1, 0.15) is 0 Å². The lowest BCUT2D eigenvalue weighted by Crippen LogP contribution is -2.04. The second-order valence-electron chi connectivity index (χ2n) is 1.81. The Morgan fingerprint density at radius 2 is 2.45 bits per heavy atom. The molecule has 0 amide bonds. The monoisotopic (exact) mass is 173 g/mol. The van der Waals surface area contributed by atoms with E-state index in [1.54, 1.807) is 0 Å². The van der Waals surface area contributed by atoms with Gasteiger partial charge in [-0.1, -0.05) is 0 Å². The third kappa shape index (κ3) is 2.17. The SMILES string of the molecule is Nc1ccncc1NS(=O)O. The maximum Gasteiger partial charge on any atom is 0.259 e. The Labute approximate surface area is 66.1 Å². The van der Waals surface area contributed by atoms with Crippen LogP contribution < -0.4 is 10.5 Å². The molecule has 0 saturated heterocycles. The molecule has 1 rings (SSSR count). The molecule has 1 heterocycles. The Bertz CT molecular complexity index is 278. The Morgan fingerprint density at radius 3 is 3.00 bits per heavy atom. The van der Waals surface area contributed by atoms with Crippen molar-refractivity contribution in [2.45, 2.75) is 0 Å². The van der Waals surface area contributed by atoms with E-state index >= 15 is 0 Å². The molecule has 11 heavy (non-hydrogen) atoms. The Hall–Kier alpha value is -1.14. The van der Waals surface area contributed by atoms with E-state index < -0.39 is 11.3 Å². The average molecular weight is 173 g/mol. The molecule has 0 aliphatic heterocycles. The van der Waals surface area contributed by atoms with Gasteiger partial charge in [0.15, 0.2) is 0 Å². The summed E-state index contributed by atoms with van der Waals surface area (Å²) in [5.41, 5.74) is 6.17. The molecule has 4 N–H and O–H groups in total. The number of hydrogen-bond donors (Lipinski definition) is 3. The summed E-state index contributed by atoms with van der Waals surface area (Å²) in [7, 11) is 0. The number of nitrogen functional groups attached to an aromatic ring is 1. The first-order valence-corrected chi connectivity index (χ1v) is 3.88. The highest BCUT2D eigenvalue weighted by Gasteiger charge is 1.98. The summed E-state index contributed by atoms with van der Waals surface area (Å²) >= 11 is -2.10. The summed E-state index contributed by atoms with van der Waals surface area (Å²) < 4.78 is 20.9. The lowest BCUT2D eigenvalue weighted by Gasteiger charge is -2.02. The fourth-order valence-electron chi connectivity index (χ4n) is 0.585. The van der Waals surface area contributed by atoms with E-state index in [1.807, 2.05) is 0 Å².